The lowest BCUT2D eigenvalue weighted by atomic mass is 10.3. The average Bonchev–Trinajstić information content (AvgIpc) is 2.26. The van der Waals surface area contributed by atoms with Gasteiger partial charge in [-0.15, -0.1) is 0 Å². The summed E-state index contributed by atoms with van der Waals surface area (Å²) >= 11 is 4.48. The molecule has 0 spiro atoms. The van der Waals surface area contributed by atoms with Gasteiger partial charge in [-0.05, 0) is 24.4 Å². The molecule has 0 saturated carbocycles. The lowest BCUT2D eigenvalue weighted by molar-refractivity contribution is 0.996. The van der Waals surface area contributed by atoms with E-state index in [1.807, 2.05) is 24.3 Å². The first-order valence-electron chi connectivity index (χ1n) is 4.14. The van der Waals surface area contributed by atoms with Crippen LogP contribution in [-0.4, -0.2) is 15.1 Å². The van der Waals surface area contributed by atoms with Crippen molar-refractivity contribution in [1.29, 1.82) is 0 Å². The molecule has 3 nitrogen and oxygen atoms in total. The van der Waals surface area contributed by atoms with E-state index in [1.54, 1.807) is 6.20 Å². The van der Waals surface area contributed by atoms with Crippen LogP contribution in [0.15, 0.2) is 35.5 Å². The van der Waals surface area contributed by atoms with Gasteiger partial charge in [0.2, 0.25) is 0 Å². The summed E-state index contributed by atoms with van der Waals surface area (Å²) in [6.45, 7) is 0.446. The molecule has 0 amide bonds. The predicted molar refractivity (Wildman–Crippen MR) is 58.3 cm³/mol. The van der Waals surface area contributed by atoms with Gasteiger partial charge in [0, 0.05) is 0 Å². The summed E-state index contributed by atoms with van der Waals surface area (Å²) in [5, 5.41) is 2.30. The molecule has 0 aliphatic carbocycles. The van der Waals surface area contributed by atoms with Crippen molar-refractivity contribution in [2.75, 3.05) is 0 Å². The van der Waals surface area contributed by atoms with Gasteiger partial charge in [0.05, 0.1) is 34.6 Å². The SMILES string of the molecule is S=C=NCc1cnc2ccccc2n1. The Bertz CT molecular complexity index is 503. The van der Waals surface area contributed by atoms with Gasteiger partial charge in [-0.1, -0.05) is 12.1 Å². The number of fused-ring (bicyclic) bond motifs is 1. The van der Waals surface area contributed by atoms with E-state index < -0.39 is 0 Å². The summed E-state index contributed by atoms with van der Waals surface area (Å²) in [7, 11) is 0. The average molecular weight is 201 g/mol. The minimum Gasteiger partial charge on any atom is -0.253 e. The molecular weight excluding hydrogens is 194 g/mol. The number of para-hydroxylation sites is 2. The quantitative estimate of drug-likeness (QED) is 0.552. The van der Waals surface area contributed by atoms with E-state index >= 15 is 0 Å². The molecule has 2 rings (SSSR count). The Balaban J connectivity index is 2.45. The molecule has 0 unspecified atom stereocenters. The van der Waals surface area contributed by atoms with E-state index in [0.29, 0.717) is 6.54 Å². The van der Waals surface area contributed by atoms with Crippen molar-refractivity contribution in [3.63, 3.8) is 0 Å². The second kappa shape index (κ2) is 4.05. The number of isothiocyanates is 1. The fourth-order valence-electron chi connectivity index (χ4n) is 1.18. The van der Waals surface area contributed by atoms with Gasteiger partial charge in [0.15, 0.2) is 0 Å². The normalized spacial score (nSPS) is 9.71. The molecule has 0 saturated heterocycles. The minimum absolute atomic E-state index is 0.446. The first kappa shape index (κ1) is 8.94. The zero-order chi connectivity index (χ0) is 9.80. The highest BCUT2D eigenvalue weighted by molar-refractivity contribution is 7.78. The largest absolute Gasteiger partial charge is 0.253 e. The molecule has 0 atom stereocenters. The van der Waals surface area contributed by atoms with Crippen molar-refractivity contribution < 1.29 is 0 Å². The molecule has 68 valence electrons. The molecule has 0 N–H and O–H groups in total. The molecule has 0 bridgehead atoms. The van der Waals surface area contributed by atoms with Gasteiger partial charge in [-0.25, -0.2) is 9.98 Å². The zero-order valence-electron chi connectivity index (χ0n) is 7.34. The smallest absolute Gasteiger partial charge is 0.0930 e. The highest BCUT2D eigenvalue weighted by Crippen LogP contribution is 2.08. The molecule has 1 aromatic carbocycles. The summed E-state index contributed by atoms with van der Waals surface area (Å²) in [6.07, 6.45) is 1.71. The maximum atomic E-state index is 4.48. The van der Waals surface area contributed by atoms with E-state index in [-0.39, 0.29) is 0 Å². The van der Waals surface area contributed by atoms with Crippen LogP contribution in [0.2, 0.25) is 0 Å². The minimum atomic E-state index is 0.446. The topological polar surface area (TPSA) is 38.1 Å². The Morgan fingerprint density at radius 1 is 1.29 bits per heavy atom. The van der Waals surface area contributed by atoms with Gasteiger partial charge < -0.3 is 0 Å². The Labute approximate surface area is 86.5 Å². The number of nitrogens with zero attached hydrogens (tertiary/aromatic N) is 3. The van der Waals surface area contributed by atoms with Gasteiger partial charge in [-0.3, -0.25) is 4.98 Å². The summed E-state index contributed by atoms with van der Waals surface area (Å²) < 4.78 is 0. The summed E-state index contributed by atoms with van der Waals surface area (Å²) in [4.78, 5) is 12.4. The monoisotopic (exact) mass is 201 g/mol. The zero-order valence-corrected chi connectivity index (χ0v) is 8.16. The Morgan fingerprint density at radius 2 is 2.07 bits per heavy atom. The summed E-state index contributed by atoms with van der Waals surface area (Å²) in [5.74, 6) is 0. The van der Waals surface area contributed by atoms with Crippen LogP contribution in [0, 0.1) is 0 Å². The fraction of sp³-hybridized carbons (Fsp3) is 0.100. The second-order valence-corrected chi connectivity index (χ2v) is 2.94. The molecule has 1 aromatic heterocycles. The third-order valence-electron chi connectivity index (χ3n) is 1.80. The van der Waals surface area contributed by atoms with E-state index in [9.17, 15) is 0 Å². The lowest BCUT2D eigenvalue weighted by Gasteiger charge is -1.97. The predicted octanol–water partition coefficient (Wildman–Crippen LogP) is 2.23. The molecule has 4 heteroatoms. The molecule has 14 heavy (non-hydrogen) atoms. The van der Waals surface area contributed by atoms with Crippen LogP contribution in [0.4, 0.5) is 0 Å². The molecule has 2 aromatic rings. The maximum absolute atomic E-state index is 4.48. The standard InChI is InChI=1S/C10H7N3S/c14-7-11-5-8-6-12-9-3-1-2-4-10(9)13-8/h1-4,6H,5H2. The Morgan fingerprint density at radius 3 is 2.86 bits per heavy atom. The van der Waals surface area contributed by atoms with Crippen LogP contribution in [0.3, 0.4) is 0 Å². The molecule has 0 radical (unpaired) electrons. The van der Waals surface area contributed by atoms with E-state index in [1.165, 1.54) is 0 Å². The maximum Gasteiger partial charge on any atom is 0.0930 e. The number of benzene rings is 1. The van der Waals surface area contributed by atoms with Crippen molar-refractivity contribution in [2.24, 2.45) is 4.99 Å². The molecular formula is C10H7N3S. The third kappa shape index (κ3) is 1.82. The number of hydrogen-bond donors (Lipinski definition) is 0. The van der Waals surface area contributed by atoms with Crippen LogP contribution < -0.4 is 0 Å². The van der Waals surface area contributed by atoms with Crippen molar-refractivity contribution in [1.82, 2.24) is 9.97 Å². The van der Waals surface area contributed by atoms with Crippen molar-refractivity contribution in [3.05, 3.63) is 36.2 Å². The van der Waals surface area contributed by atoms with Crippen LogP contribution in [0.5, 0.6) is 0 Å². The van der Waals surface area contributed by atoms with Crippen molar-refractivity contribution >= 4 is 28.4 Å². The van der Waals surface area contributed by atoms with Crippen LogP contribution in [0.25, 0.3) is 11.0 Å². The number of aliphatic imine (C=N–C) groups is 1. The number of rotatable bonds is 2. The second-order valence-electron chi connectivity index (χ2n) is 2.76. The Kier molecular flexibility index (Phi) is 2.58. The first-order valence-corrected chi connectivity index (χ1v) is 4.55. The summed E-state index contributed by atoms with van der Waals surface area (Å²) in [5.41, 5.74) is 2.58. The van der Waals surface area contributed by atoms with Gasteiger partial charge in [-0.2, -0.15) is 0 Å². The molecule has 0 aliphatic heterocycles. The number of hydrogen-bond acceptors (Lipinski definition) is 4. The Hall–Kier alpha value is -1.64. The summed E-state index contributed by atoms with van der Waals surface area (Å²) in [6, 6.07) is 7.72. The van der Waals surface area contributed by atoms with E-state index in [0.717, 1.165) is 16.7 Å². The van der Waals surface area contributed by atoms with Gasteiger partial charge in [0.25, 0.3) is 0 Å². The van der Waals surface area contributed by atoms with Crippen LogP contribution >= 0.6 is 12.2 Å². The fourth-order valence-corrected chi connectivity index (χ4v) is 1.25. The van der Waals surface area contributed by atoms with Crippen molar-refractivity contribution in [3.8, 4) is 0 Å². The molecule has 1 heterocycles. The van der Waals surface area contributed by atoms with Crippen LogP contribution in [-0.2, 0) is 6.54 Å². The number of aromatic nitrogens is 2. The van der Waals surface area contributed by atoms with E-state index in [4.69, 9.17) is 0 Å². The highest BCUT2D eigenvalue weighted by atomic mass is 32.1. The van der Waals surface area contributed by atoms with Crippen LogP contribution in [0.1, 0.15) is 5.69 Å². The molecule has 0 aliphatic rings. The van der Waals surface area contributed by atoms with Gasteiger partial charge >= 0.3 is 0 Å². The third-order valence-corrected chi connectivity index (χ3v) is 1.93. The lowest BCUT2D eigenvalue weighted by Crippen LogP contribution is -1.90. The molecule has 0 fully saturated rings. The van der Waals surface area contributed by atoms with Gasteiger partial charge in [0.1, 0.15) is 0 Å². The van der Waals surface area contributed by atoms with E-state index in [2.05, 4.69) is 32.3 Å². The number of thiocarbonyl (C=S) groups is 1. The van der Waals surface area contributed by atoms with Crippen molar-refractivity contribution in [2.45, 2.75) is 6.54 Å². The highest BCUT2D eigenvalue weighted by Gasteiger charge is 1.97. The first-order chi connectivity index (χ1) is 6.90.